The van der Waals surface area contributed by atoms with Gasteiger partial charge in [-0.05, 0) is 36.2 Å². The highest BCUT2D eigenvalue weighted by Gasteiger charge is 2.07. The first-order chi connectivity index (χ1) is 9.95. The van der Waals surface area contributed by atoms with E-state index in [-0.39, 0.29) is 10.8 Å². The van der Waals surface area contributed by atoms with Gasteiger partial charge in [0.25, 0.3) is 0 Å². The predicted octanol–water partition coefficient (Wildman–Crippen LogP) is 1.91. The maximum absolute atomic E-state index is 11.8. The zero-order valence-corrected chi connectivity index (χ0v) is 12.1. The Hall–Kier alpha value is -2.18. The Bertz CT molecular complexity index is 710. The molecule has 0 heterocycles. The summed E-state index contributed by atoms with van der Waals surface area (Å²) >= 11 is 0. The molecule has 6 heteroatoms. The summed E-state index contributed by atoms with van der Waals surface area (Å²) in [5.41, 5.74) is 1.64. The van der Waals surface area contributed by atoms with Crippen LogP contribution in [-0.4, -0.2) is 14.3 Å². The molecule has 21 heavy (non-hydrogen) atoms. The van der Waals surface area contributed by atoms with E-state index in [0.29, 0.717) is 12.8 Å². The van der Waals surface area contributed by atoms with E-state index in [1.54, 1.807) is 12.1 Å². The van der Waals surface area contributed by atoms with E-state index >= 15 is 0 Å². The van der Waals surface area contributed by atoms with E-state index in [2.05, 4.69) is 5.32 Å². The summed E-state index contributed by atoms with van der Waals surface area (Å²) in [7, 11) is -3.67. The fourth-order valence-corrected chi connectivity index (χ4v) is 2.36. The summed E-state index contributed by atoms with van der Waals surface area (Å²) in [6, 6.07) is 15.4. The van der Waals surface area contributed by atoms with Crippen molar-refractivity contribution in [2.45, 2.75) is 17.7 Å². The molecule has 1 amide bonds. The molecule has 2 aromatic rings. The Morgan fingerprint density at radius 3 is 2.19 bits per heavy atom. The molecule has 0 aromatic heterocycles. The standard InChI is InChI=1S/C15H16N2O3S/c16-21(19,20)14-9-6-12(7-10-14)8-11-15(18)17-13-4-2-1-3-5-13/h1-7,9-10H,8,11H2,(H,17,18)(H2,16,19,20). The topological polar surface area (TPSA) is 89.3 Å². The summed E-state index contributed by atoms with van der Waals surface area (Å²) in [6.45, 7) is 0. The molecule has 0 atom stereocenters. The zero-order valence-electron chi connectivity index (χ0n) is 11.3. The number of amides is 1. The number of benzene rings is 2. The second-order valence-corrected chi connectivity index (χ2v) is 6.16. The number of nitrogens with two attached hydrogens (primary N) is 1. The molecule has 5 nitrogen and oxygen atoms in total. The van der Waals surface area contributed by atoms with Crippen LogP contribution in [0.3, 0.4) is 0 Å². The lowest BCUT2D eigenvalue weighted by molar-refractivity contribution is -0.116. The number of hydrogen-bond donors (Lipinski definition) is 2. The lowest BCUT2D eigenvalue weighted by Gasteiger charge is -2.05. The van der Waals surface area contributed by atoms with E-state index in [1.807, 2.05) is 30.3 Å². The van der Waals surface area contributed by atoms with Crippen molar-refractivity contribution in [2.75, 3.05) is 5.32 Å². The van der Waals surface area contributed by atoms with Gasteiger partial charge >= 0.3 is 0 Å². The summed E-state index contributed by atoms with van der Waals surface area (Å²) < 4.78 is 22.3. The molecule has 0 unspecified atom stereocenters. The van der Waals surface area contributed by atoms with Gasteiger partial charge in [0.1, 0.15) is 0 Å². The number of hydrogen-bond acceptors (Lipinski definition) is 3. The van der Waals surface area contributed by atoms with E-state index < -0.39 is 10.0 Å². The molecule has 0 aliphatic rings. The van der Waals surface area contributed by atoms with Gasteiger partial charge in [0.05, 0.1) is 4.90 Å². The average molecular weight is 304 g/mol. The van der Waals surface area contributed by atoms with Crippen LogP contribution in [-0.2, 0) is 21.2 Å². The van der Waals surface area contributed by atoms with Crippen LogP contribution in [0.15, 0.2) is 59.5 Å². The van der Waals surface area contributed by atoms with E-state index in [9.17, 15) is 13.2 Å². The highest BCUT2D eigenvalue weighted by atomic mass is 32.2. The second-order valence-electron chi connectivity index (χ2n) is 4.60. The molecule has 0 bridgehead atoms. The summed E-state index contributed by atoms with van der Waals surface area (Å²) in [5, 5.41) is 7.82. The molecule has 0 saturated heterocycles. The van der Waals surface area contributed by atoms with Crippen molar-refractivity contribution < 1.29 is 13.2 Å². The predicted molar refractivity (Wildman–Crippen MR) is 81.2 cm³/mol. The SMILES string of the molecule is NS(=O)(=O)c1ccc(CCC(=O)Nc2ccccc2)cc1. The number of rotatable bonds is 5. The lowest BCUT2D eigenvalue weighted by atomic mass is 10.1. The Kier molecular flexibility index (Phi) is 4.72. The minimum Gasteiger partial charge on any atom is -0.326 e. The fraction of sp³-hybridized carbons (Fsp3) is 0.133. The molecule has 0 spiro atoms. The van der Waals surface area contributed by atoms with Gasteiger partial charge in [0.2, 0.25) is 15.9 Å². The molecule has 0 radical (unpaired) electrons. The van der Waals surface area contributed by atoms with Crippen LogP contribution in [0.4, 0.5) is 5.69 Å². The van der Waals surface area contributed by atoms with Crippen molar-refractivity contribution in [1.82, 2.24) is 0 Å². The van der Waals surface area contributed by atoms with Crippen molar-refractivity contribution in [3.05, 3.63) is 60.2 Å². The van der Waals surface area contributed by atoms with Gasteiger partial charge in [0.15, 0.2) is 0 Å². The molecular weight excluding hydrogens is 288 g/mol. The maximum atomic E-state index is 11.8. The molecule has 110 valence electrons. The molecule has 0 saturated carbocycles. The van der Waals surface area contributed by atoms with E-state index in [4.69, 9.17) is 5.14 Å². The number of nitrogens with one attached hydrogen (secondary N) is 1. The number of anilines is 1. The fourth-order valence-electron chi connectivity index (χ4n) is 1.85. The number of primary sulfonamides is 1. The zero-order chi connectivity index (χ0) is 15.3. The van der Waals surface area contributed by atoms with Crippen LogP contribution < -0.4 is 10.5 Å². The summed E-state index contributed by atoms with van der Waals surface area (Å²) in [6.07, 6.45) is 0.854. The number of carbonyl (C=O) groups is 1. The van der Waals surface area contributed by atoms with Gasteiger partial charge in [-0.15, -0.1) is 0 Å². The molecule has 2 aromatic carbocycles. The van der Waals surface area contributed by atoms with Crippen LogP contribution in [0.5, 0.6) is 0 Å². The Balaban J connectivity index is 1.90. The van der Waals surface area contributed by atoms with E-state index in [1.165, 1.54) is 12.1 Å². The van der Waals surface area contributed by atoms with Gasteiger partial charge in [-0.3, -0.25) is 4.79 Å². The van der Waals surface area contributed by atoms with Crippen LogP contribution in [0.2, 0.25) is 0 Å². The van der Waals surface area contributed by atoms with Crippen LogP contribution in [0, 0.1) is 0 Å². The van der Waals surface area contributed by atoms with Crippen LogP contribution in [0.25, 0.3) is 0 Å². The molecule has 0 fully saturated rings. The molecular formula is C15H16N2O3S. The first-order valence-corrected chi connectivity index (χ1v) is 7.96. The summed E-state index contributed by atoms with van der Waals surface area (Å²) in [5.74, 6) is -0.0864. The first kappa shape index (κ1) is 15.2. The van der Waals surface area contributed by atoms with Crippen molar-refractivity contribution >= 4 is 21.6 Å². The molecule has 3 N–H and O–H groups in total. The largest absolute Gasteiger partial charge is 0.326 e. The van der Waals surface area contributed by atoms with Gasteiger partial charge in [-0.25, -0.2) is 13.6 Å². The third-order valence-electron chi connectivity index (χ3n) is 2.95. The maximum Gasteiger partial charge on any atom is 0.238 e. The van der Waals surface area contributed by atoms with Crippen LogP contribution >= 0.6 is 0 Å². The molecule has 0 aliphatic heterocycles. The Morgan fingerprint density at radius 1 is 1.00 bits per heavy atom. The lowest BCUT2D eigenvalue weighted by Crippen LogP contribution is -2.13. The van der Waals surface area contributed by atoms with Crippen LogP contribution in [0.1, 0.15) is 12.0 Å². The summed E-state index contributed by atoms with van der Waals surface area (Å²) in [4.78, 5) is 11.9. The van der Waals surface area contributed by atoms with Crippen molar-refractivity contribution in [1.29, 1.82) is 0 Å². The molecule has 2 rings (SSSR count). The smallest absolute Gasteiger partial charge is 0.238 e. The minimum absolute atomic E-state index is 0.0694. The van der Waals surface area contributed by atoms with E-state index in [0.717, 1.165) is 11.3 Å². The monoisotopic (exact) mass is 304 g/mol. The highest BCUT2D eigenvalue weighted by molar-refractivity contribution is 7.89. The van der Waals surface area contributed by atoms with Gasteiger partial charge in [-0.1, -0.05) is 30.3 Å². The number of carbonyl (C=O) groups excluding carboxylic acids is 1. The first-order valence-electron chi connectivity index (χ1n) is 6.42. The van der Waals surface area contributed by atoms with Gasteiger partial charge in [0, 0.05) is 12.1 Å². The molecule has 0 aliphatic carbocycles. The average Bonchev–Trinajstić information content (AvgIpc) is 2.46. The van der Waals surface area contributed by atoms with Crippen molar-refractivity contribution in [2.24, 2.45) is 5.14 Å². The minimum atomic E-state index is -3.67. The number of aryl methyl sites for hydroxylation is 1. The van der Waals surface area contributed by atoms with Crippen molar-refractivity contribution in [3.8, 4) is 0 Å². The van der Waals surface area contributed by atoms with Crippen molar-refractivity contribution in [3.63, 3.8) is 0 Å². The third-order valence-corrected chi connectivity index (χ3v) is 3.88. The van der Waals surface area contributed by atoms with Gasteiger partial charge < -0.3 is 5.32 Å². The van der Waals surface area contributed by atoms with Gasteiger partial charge in [-0.2, -0.15) is 0 Å². The Labute approximate surface area is 123 Å². The third kappa shape index (κ3) is 4.70. The highest BCUT2D eigenvalue weighted by Crippen LogP contribution is 2.11. The quantitative estimate of drug-likeness (QED) is 0.884. The normalized spacial score (nSPS) is 11.1. The number of para-hydroxylation sites is 1. The second kappa shape index (κ2) is 6.51. The number of sulfonamides is 1. The Morgan fingerprint density at radius 2 is 1.62 bits per heavy atom.